The molecule has 0 aliphatic heterocycles. The van der Waals surface area contributed by atoms with Crippen molar-refractivity contribution in [1.82, 2.24) is 30.5 Å². The molecule has 30 heavy (non-hydrogen) atoms. The van der Waals surface area contributed by atoms with Gasteiger partial charge >= 0.3 is 0 Å². The van der Waals surface area contributed by atoms with E-state index in [2.05, 4.69) is 31.9 Å². The van der Waals surface area contributed by atoms with Crippen LogP contribution in [-0.4, -0.2) is 36.9 Å². The van der Waals surface area contributed by atoms with Crippen molar-refractivity contribution in [2.45, 2.75) is 25.0 Å². The topological polar surface area (TPSA) is 85.6 Å². The van der Waals surface area contributed by atoms with E-state index >= 15 is 0 Å². The van der Waals surface area contributed by atoms with Crippen LogP contribution in [0.5, 0.6) is 0 Å². The third-order valence-corrected chi connectivity index (χ3v) is 6.25. The van der Waals surface area contributed by atoms with Crippen LogP contribution in [0.3, 0.4) is 0 Å². The lowest BCUT2D eigenvalue weighted by Gasteiger charge is -2.17. The Hall–Kier alpha value is -3.04. The molecular formula is C21H20N6OS2. The number of thiazole rings is 1. The number of aromatic nitrogens is 5. The first-order chi connectivity index (χ1) is 14.6. The van der Waals surface area contributed by atoms with Gasteiger partial charge in [0.1, 0.15) is 11.0 Å². The minimum Gasteiger partial charge on any atom is -0.342 e. The Bertz CT molecular complexity index is 1130. The maximum Gasteiger partial charge on any atom is 0.231 e. The van der Waals surface area contributed by atoms with E-state index in [9.17, 15) is 4.79 Å². The number of benzene rings is 2. The molecule has 0 fully saturated rings. The Kier molecular flexibility index (Phi) is 6.20. The number of rotatable bonds is 7. The van der Waals surface area contributed by atoms with Crippen LogP contribution in [0.15, 0.2) is 65.3 Å². The molecule has 0 saturated carbocycles. The van der Waals surface area contributed by atoms with Gasteiger partial charge in [-0.05, 0) is 41.5 Å². The number of thioether (sulfide) groups is 1. The summed E-state index contributed by atoms with van der Waals surface area (Å²) >= 11 is 2.82. The molecule has 1 unspecified atom stereocenters. The predicted octanol–water partition coefficient (Wildman–Crippen LogP) is 3.73. The molecule has 0 spiro atoms. The first kappa shape index (κ1) is 20.2. The highest BCUT2D eigenvalue weighted by Gasteiger charge is 2.20. The average molecular weight is 437 g/mol. The van der Waals surface area contributed by atoms with Gasteiger partial charge in [0.15, 0.2) is 0 Å². The summed E-state index contributed by atoms with van der Waals surface area (Å²) in [6.07, 6.45) is 1.74. The molecule has 0 aliphatic carbocycles. The van der Waals surface area contributed by atoms with Gasteiger partial charge in [0.25, 0.3) is 0 Å². The monoisotopic (exact) mass is 436 g/mol. The summed E-state index contributed by atoms with van der Waals surface area (Å²) in [7, 11) is 0. The van der Waals surface area contributed by atoms with Crippen molar-refractivity contribution in [3.05, 3.63) is 81.8 Å². The lowest BCUT2D eigenvalue weighted by Crippen LogP contribution is -2.30. The Balaban J connectivity index is 1.47. The normalized spacial score (nSPS) is 11.9. The fourth-order valence-electron chi connectivity index (χ4n) is 3.11. The second-order valence-corrected chi connectivity index (χ2v) is 8.60. The van der Waals surface area contributed by atoms with Crippen LogP contribution in [0, 0.1) is 13.8 Å². The van der Waals surface area contributed by atoms with Gasteiger partial charge in [-0.1, -0.05) is 59.8 Å². The van der Waals surface area contributed by atoms with Crippen molar-refractivity contribution < 1.29 is 4.79 Å². The Morgan fingerprint density at radius 2 is 2.03 bits per heavy atom. The first-order valence-electron chi connectivity index (χ1n) is 9.34. The lowest BCUT2D eigenvalue weighted by molar-refractivity contribution is -0.119. The van der Waals surface area contributed by atoms with Crippen LogP contribution in [0.4, 0.5) is 0 Å². The molecule has 0 aliphatic rings. The van der Waals surface area contributed by atoms with E-state index in [0.29, 0.717) is 5.16 Å². The van der Waals surface area contributed by atoms with Crippen molar-refractivity contribution in [3.63, 3.8) is 0 Å². The Morgan fingerprint density at radius 3 is 2.77 bits per heavy atom. The highest BCUT2D eigenvalue weighted by Crippen LogP contribution is 2.25. The standard InChI is InChI=1S/C21H20N6OS2/c1-14-8-9-17(15(2)12-14)27-21(24-25-26-27)30-13-18(28)23-19(20-22-10-11-29-20)16-6-4-3-5-7-16/h3-12,19H,13H2,1-2H3,(H,23,28). The molecule has 2 heterocycles. The number of amides is 1. The number of tetrazole rings is 1. The number of carbonyl (C=O) groups excluding carboxylic acids is 1. The van der Waals surface area contributed by atoms with Crippen LogP contribution in [0.2, 0.25) is 0 Å². The number of hydrogen-bond donors (Lipinski definition) is 1. The maximum absolute atomic E-state index is 12.7. The van der Waals surface area contributed by atoms with E-state index in [1.54, 1.807) is 10.9 Å². The van der Waals surface area contributed by atoms with Gasteiger partial charge in [-0.25, -0.2) is 4.98 Å². The first-order valence-corrected chi connectivity index (χ1v) is 11.2. The Labute approximate surface area is 182 Å². The van der Waals surface area contributed by atoms with Crippen LogP contribution in [0.25, 0.3) is 5.69 Å². The summed E-state index contributed by atoms with van der Waals surface area (Å²) in [5, 5.41) is 18.4. The predicted molar refractivity (Wildman–Crippen MR) is 118 cm³/mol. The third kappa shape index (κ3) is 4.58. The molecule has 1 atom stereocenters. The summed E-state index contributed by atoms with van der Waals surface area (Å²) in [6.45, 7) is 4.06. The molecule has 0 bridgehead atoms. The van der Waals surface area contributed by atoms with Crippen LogP contribution in [-0.2, 0) is 4.79 Å². The van der Waals surface area contributed by atoms with Crippen LogP contribution >= 0.6 is 23.1 Å². The van der Waals surface area contributed by atoms with Gasteiger partial charge in [-0.3, -0.25) is 4.79 Å². The van der Waals surface area contributed by atoms with Crippen molar-refractivity contribution in [3.8, 4) is 5.69 Å². The summed E-state index contributed by atoms with van der Waals surface area (Å²) in [6, 6.07) is 15.6. The fraction of sp³-hybridized carbons (Fsp3) is 0.190. The highest BCUT2D eigenvalue weighted by atomic mass is 32.2. The van der Waals surface area contributed by atoms with Gasteiger partial charge in [0.05, 0.1) is 11.4 Å². The second kappa shape index (κ2) is 9.19. The van der Waals surface area contributed by atoms with Crippen molar-refractivity contribution in [2.75, 3.05) is 5.75 Å². The van der Waals surface area contributed by atoms with E-state index in [1.165, 1.54) is 28.7 Å². The minimum absolute atomic E-state index is 0.112. The van der Waals surface area contributed by atoms with Crippen LogP contribution in [0.1, 0.15) is 27.7 Å². The molecule has 1 N–H and O–H groups in total. The molecular weight excluding hydrogens is 416 g/mol. The molecule has 4 rings (SSSR count). The van der Waals surface area contributed by atoms with E-state index in [4.69, 9.17) is 0 Å². The smallest absolute Gasteiger partial charge is 0.231 e. The number of hydrogen-bond acceptors (Lipinski definition) is 7. The fourth-order valence-corrected chi connectivity index (χ4v) is 4.51. The Morgan fingerprint density at radius 1 is 1.20 bits per heavy atom. The molecule has 1 amide bonds. The molecule has 0 radical (unpaired) electrons. The minimum atomic E-state index is -0.283. The number of nitrogens with one attached hydrogen (secondary N) is 1. The zero-order chi connectivity index (χ0) is 20.9. The quantitative estimate of drug-likeness (QED) is 0.444. The highest BCUT2D eigenvalue weighted by molar-refractivity contribution is 7.99. The van der Waals surface area contributed by atoms with E-state index < -0.39 is 0 Å². The van der Waals surface area contributed by atoms with Gasteiger partial charge in [0.2, 0.25) is 11.1 Å². The summed E-state index contributed by atoms with van der Waals surface area (Å²) in [5.74, 6) is 0.0826. The SMILES string of the molecule is Cc1ccc(-n2nnnc2SCC(=O)NC(c2ccccc2)c2nccs2)c(C)c1. The van der Waals surface area contributed by atoms with E-state index in [-0.39, 0.29) is 17.7 Å². The second-order valence-electron chi connectivity index (χ2n) is 6.73. The molecule has 2 aromatic carbocycles. The van der Waals surface area contributed by atoms with Gasteiger partial charge in [-0.15, -0.1) is 16.4 Å². The molecule has 9 heteroatoms. The van der Waals surface area contributed by atoms with Crippen molar-refractivity contribution in [2.24, 2.45) is 0 Å². The van der Waals surface area contributed by atoms with E-state index in [1.807, 2.05) is 61.7 Å². The summed E-state index contributed by atoms with van der Waals surface area (Å²) in [4.78, 5) is 17.1. The lowest BCUT2D eigenvalue weighted by atomic mass is 10.1. The molecule has 7 nitrogen and oxygen atoms in total. The molecule has 2 aromatic heterocycles. The molecule has 0 saturated heterocycles. The molecule has 152 valence electrons. The largest absolute Gasteiger partial charge is 0.342 e. The van der Waals surface area contributed by atoms with Crippen molar-refractivity contribution >= 4 is 29.0 Å². The van der Waals surface area contributed by atoms with E-state index in [0.717, 1.165) is 21.8 Å². The number of nitrogens with zero attached hydrogens (tertiary/aromatic N) is 5. The maximum atomic E-state index is 12.7. The summed E-state index contributed by atoms with van der Waals surface area (Å²) in [5.41, 5.74) is 4.14. The summed E-state index contributed by atoms with van der Waals surface area (Å²) < 4.78 is 1.67. The van der Waals surface area contributed by atoms with Crippen LogP contribution < -0.4 is 5.32 Å². The third-order valence-electron chi connectivity index (χ3n) is 4.49. The number of aryl methyl sites for hydroxylation is 2. The van der Waals surface area contributed by atoms with Gasteiger partial charge in [-0.2, -0.15) is 4.68 Å². The zero-order valence-corrected chi connectivity index (χ0v) is 18.2. The number of carbonyl (C=O) groups is 1. The van der Waals surface area contributed by atoms with Gasteiger partial charge in [0, 0.05) is 11.6 Å². The zero-order valence-electron chi connectivity index (χ0n) is 16.5. The van der Waals surface area contributed by atoms with Gasteiger partial charge < -0.3 is 5.32 Å². The van der Waals surface area contributed by atoms with Crippen molar-refractivity contribution in [1.29, 1.82) is 0 Å². The average Bonchev–Trinajstić information content (AvgIpc) is 3.43. The molecule has 4 aromatic rings.